The molecule has 0 spiro atoms. The van der Waals surface area contributed by atoms with Gasteiger partial charge in [-0.25, -0.2) is 0 Å². The van der Waals surface area contributed by atoms with Crippen molar-refractivity contribution in [2.45, 2.75) is 31.7 Å². The minimum atomic E-state index is -0.164. The Morgan fingerprint density at radius 1 is 1.29 bits per heavy atom. The fourth-order valence-corrected chi connectivity index (χ4v) is 3.51. The topological polar surface area (TPSA) is 81.4 Å². The van der Waals surface area contributed by atoms with Crippen molar-refractivity contribution in [3.63, 3.8) is 0 Å². The van der Waals surface area contributed by atoms with Crippen molar-refractivity contribution in [1.29, 1.82) is 0 Å². The van der Waals surface area contributed by atoms with Crippen LogP contribution in [0.15, 0.2) is 53.2 Å². The van der Waals surface area contributed by atoms with Crippen molar-refractivity contribution in [2.24, 2.45) is 0 Å². The summed E-state index contributed by atoms with van der Waals surface area (Å²) in [4.78, 5) is 23.4. The van der Waals surface area contributed by atoms with E-state index in [2.05, 4.69) is 15.1 Å². The molecule has 0 unspecified atom stereocenters. The molecule has 2 aromatic heterocycles. The molecule has 7 heteroatoms. The number of carbonyl (C=O) groups is 1. The van der Waals surface area contributed by atoms with Gasteiger partial charge >= 0.3 is 0 Å². The van der Waals surface area contributed by atoms with Crippen molar-refractivity contribution in [3.05, 3.63) is 60.1 Å². The lowest BCUT2D eigenvalue weighted by molar-refractivity contribution is -0.132. The molecule has 7 nitrogen and oxygen atoms in total. The number of pyridine rings is 1. The molecule has 1 amide bonds. The Bertz CT molecular complexity index is 942. The van der Waals surface area contributed by atoms with Gasteiger partial charge in [0.1, 0.15) is 17.5 Å². The minimum Gasteiger partial charge on any atom is -0.497 e. The van der Waals surface area contributed by atoms with E-state index in [9.17, 15) is 4.79 Å². The summed E-state index contributed by atoms with van der Waals surface area (Å²) < 4.78 is 10.7. The lowest BCUT2D eigenvalue weighted by Gasteiger charge is -2.21. The number of aromatic nitrogens is 3. The summed E-state index contributed by atoms with van der Waals surface area (Å²) in [7, 11) is 1.64. The van der Waals surface area contributed by atoms with E-state index in [1.165, 1.54) is 0 Å². The number of likely N-dealkylation sites (tertiary alicyclic amines) is 1. The molecule has 0 radical (unpaired) electrons. The lowest BCUT2D eigenvalue weighted by Crippen LogP contribution is -2.30. The third-order valence-electron chi connectivity index (χ3n) is 4.96. The first-order valence-corrected chi connectivity index (χ1v) is 9.42. The third-order valence-corrected chi connectivity index (χ3v) is 4.96. The van der Waals surface area contributed by atoms with Crippen LogP contribution in [0.1, 0.15) is 36.8 Å². The Morgan fingerprint density at radius 2 is 2.21 bits per heavy atom. The summed E-state index contributed by atoms with van der Waals surface area (Å²) in [6, 6.07) is 13.2. The van der Waals surface area contributed by atoms with Gasteiger partial charge in [0.2, 0.25) is 17.6 Å². The highest BCUT2D eigenvalue weighted by Crippen LogP contribution is 2.32. The van der Waals surface area contributed by atoms with Gasteiger partial charge in [-0.1, -0.05) is 23.4 Å². The molecular weight excluding hydrogens is 356 g/mol. The second-order valence-electron chi connectivity index (χ2n) is 6.77. The molecule has 1 fully saturated rings. The van der Waals surface area contributed by atoms with E-state index in [0.717, 1.165) is 24.2 Å². The van der Waals surface area contributed by atoms with Crippen molar-refractivity contribution in [2.75, 3.05) is 13.7 Å². The molecule has 0 saturated carbocycles. The van der Waals surface area contributed by atoms with Crippen LogP contribution >= 0.6 is 0 Å². The average molecular weight is 378 g/mol. The van der Waals surface area contributed by atoms with Crippen molar-refractivity contribution < 1.29 is 14.1 Å². The van der Waals surface area contributed by atoms with E-state index in [0.29, 0.717) is 36.8 Å². The number of rotatable bonds is 6. The van der Waals surface area contributed by atoms with Gasteiger partial charge < -0.3 is 14.2 Å². The van der Waals surface area contributed by atoms with Gasteiger partial charge in [0, 0.05) is 19.2 Å². The summed E-state index contributed by atoms with van der Waals surface area (Å²) in [5, 5.41) is 4.04. The summed E-state index contributed by atoms with van der Waals surface area (Å²) in [6.07, 6.45) is 4.55. The van der Waals surface area contributed by atoms with E-state index in [-0.39, 0.29) is 11.9 Å². The smallest absolute Gasteiger partial charge is 0.249 e. The Labute approximate surface area is 163 Å². The maximum absolute atomic E-state index is 12.8. The highest BCUT2D eigenvalue weighted by atomic mass is 16.5. The van der Waals surface area contributed by atoms with Crippen LogP contribution in [-0.4, -0.2) is 39.6 Å². The van der Waals surface area contributed by atoms with E-state index < -0.39 is 0 Å². The molecule has 4 rings (SSSR count). The summed E-state index contributed by atoms with van der Waals surface area (Å²) in [5.74, 6) is 1.83. The van der Waals surface area contributed by atoms with Gasteiger partial charge in [-0.3, -0.25) is 9.78 Å². The molecule has 1 atom stereocenters. The number of nitrogens with zero attached hydrogens (tertiary/aromatic N) is 4. The number of ether oxygens (including phenoxy) is 1. The minimum absolute atomic E-state index is 0.0999. The largest absolute Gasteiger partial charge is 0.497 e. The monoisotopic (exact) mass is 378 g/mol. The van der Waals surface area contributed by atoms with Crippen LogP contribution in [0.25, 0.3) is 11.5 Å². The first kappa shape index (κ1) is 18.2. The fourth-order valence-electron chi connectivity index (χ4n) is 3.51. The van der Waals surface area contributed by atoms with E-state index in [1.54, 1.807) is 13.3 Å². The van der Waals surface area contributed by atoms with Crippen LogP contribution < -0.4 is 4.74 Å². The zero-order valence-corrected chi connectivity index (χ0v) is 15.7. The molecule has 1 saturated heterocycles. The van der Waals surface area contributed by atoms with Crippen LogP contribution in [0.2, 0.25) is 0 Å². The van der Waals surface area contributed by atoms with Crippen LogP contribution in [0, 0.1) is 0 Å². The van der Waals surface area contributed by atoms with E-state index >= 15 is 0 Å². The summed E-state index contributed by atoms with van der Waals surface area (Å²) in [5.41, 5.74) is 1.74. The summed E-state index contributed by atoms with van der Waals surface area (Å²) in [6.45, 7) is 0.711. The quantitative estimate of drug-likeness (QED) is 0.654. The van der Waals surface area contributed by atoms with Gasteiger partial charge in [0.15, 0.2) is 0 Å². The molecule has 3 heterocycles. The molecule has 0 N–H and O–H groups in total. The predicted molar refractivity (Wildman–Crippen MR) is 103 cm³/mol. The van der Waals surface area contributed by atoms with E-state index in [1.807, 2.05) is 47.4 Å². The van der Waals surface area contributed by atoms with Gasteiger partial charge in [-0.15, -0.1) is 0 Å². The van der Waals surface area contributed by atoms with Crippen molar-refractivity contribution in [1.82, 2.24) is 20.0 Å². The second-order valence-corrected chi connectivity index (χ2v) is 6.77. The molecule has 1 aliphatic heterocycles. The SMILES string of the molecule is COc1cccc(CCC(=O)N2CCC[C@H]2c2nc(-c3ccccn3)no2)c1. The number of hydrogen-bond donors (Lipinski definition) is 0. The average Bonchev–Trinajstić information content (AvgIpc) is 3.42. The Balaban J connectivity index is 1.43. The third kappa shape index (κ3) is 3.88. The zero-order valence-electron chi connectivity index (χ0n) is 15.7. The van der Waals surface area contributed by atoms with Gasteiger partial charge in [-0.05, 0) is 49.1 Å². The Kier molecular flexibility index (Phi) is 5.32. The van der Waals surface area contributed by atoms with E-state index in [4.69, 9.17) is 9.26 Å². The number of hydrogen-bond acceptors (Lipinski definition) is 6. The molecule has 3 aromatic rings. The molecule has 144 valence electrons. The second kappa shape index (κ2) is 8.21. The number of amides is 1. The normalized spacial score (nSPS) is 16.3. The maximum Gasteiger partial charge on any atom is 0.249 e. The van der Waals surface area contributed by atoms with Crippen molar-refractivity contribution >= 4 is 5.91 Å². The first-order valence-electron chi connectivity index (χ1n) is 9.42. The van der Waals surface area contributed by atoms with Crippen LogP contribution in [0.5, 0.6) is 5.75 Å². The van der Waals surface area contributed by atoms with Gasteiger partial charge in [0.25, 0.3) is 0 Å². The fraction of sp³-hybridized carbons (Fsp3) is 0.333. The van der Waals surface area contributed by atoms with Crippen molar-refractivity contribution in [3.8, 4) is 17.3 Å². The van der Waals surface area contributed by atoms with Crippen LogP contribution in [0.4, 0.5) is 0 Å². The first-order chi connectivity index (χ1) is 13.7. The summed E-state index contributed by atoms with van der Waals surface area (Å²) >= 11 is 0. The van der Waals surface area contributed by atoms with Gasteiger partial charge in [-0.2, -0.15) is 4.98 Å². The molecule has 0 bridgehead atoms. The molecule has 1 aromatic carbocycles. The molecule has 0 aliphatic carbocycles. The Hall–Kier alpha value is -3.22. The molecule has 1 aliphatic rings. The molecule has 28 heavy (non-hydrogen) atoms. The highest BCUT2D eigenvalue weighted by Gasteiger charge is 2.33. The predicted octanol–water partition coefficient (Wildman–Crippen LogP) is 3.44. The number of carbonyl (C=O) groups excluding carboxylic acids is 1. The maximum atomic E-state index is 12.8. The number of aryl methyl sites for hydroxylation is 1. The standard InChI is InChI=1S/C21H22N4O3/c1-27-16-7-4-6-15(14-16)10-11-19(26)25-13-5-9-18(25)21-23-20(24-28-21)17-8-2-3-12-22-17/h2-4,6-8,12,14,18H,5,9-11,13H2,1H3/t18-/m0/s1. The zero-order chi connectivity index (χ0) is 19.3. The van der Waals surface area contributed by atoms with Gasteiger partial charge in [0.05, 0.1) is 7.11 Å². The number of methoxy groups -OCH3 is 1. The molecular formula is C21H22N4O3. The van der Waals surface area contributed by atoms with Crippen LogP contribution in [0.3, 0.4) is 0 Å². The number of benzene rings is 1. The highest BCUT2D eigenvalue weighted by molar-refractivity contribution is 5.77. The Morgan fingerprint density at radius 3 is 3.04 bits per heavy atom. The lowest BCUT2D eigenvalue weighted by atomic mass is 10.1. The van der Waals surface area contributed by atoms with Crippen LogP contribution in [-0.2, 0) is 11.2 Å².